The summed E-state index contributed by atoms with van der Waals surface area (Å²) >= 11 is 0. The second kappa shape index (κ2) is 6.57. The summed E-state index contributed by atoms with van der Waals surface area (Å²) in [6.45, 7) is 4.87. The summed E-state index contributed by atoms with van der Waals surface area (Å²) in [5, 5.41) is 3.34. The molecule has 0 saturated carbocycles. The van der Waals surface area contributed by atoms with Gasteiger partial charge in [-0.2, -0.15) is 0 Å². The van der Waals surface area contributed by atoms with Crippen LogP contribution < -0.4 is 11.1 Å². The van der Waals surface area contributed by atoms with E-state index in [1.54, 1.807) is 0 Å². The molecule has 1 aliphatic heterocycles. The zero-order chi connectivity index (χ0) is 13.7. The Morgan fingerprint density at radius 2 is 1.95 bits per heavy atom. The van der Waals surface area contributed by atoms with Crippen LogP contribution in [0.5, 0.6) is 0 Å². The first-order valence-corrected chi connectivity index (χ1v) is 7.05. The van der Waals surface area contributed by atoms with Gasteiger partial charge in [-0.3, -0.25) is 4.79 Å². The number of carbonyl (C=O) groups excluding carboxylic acids is 1. The molecule has 0 aliphatic carbocycles. The summed E-state index contributed by atoms with van der Waals surface area (Å²) in [7, 11) is 0. The van der Waals surface area contributed by atoms with Crippen molar-refractivity contribution in [1.82, 2.24) is 10.2 Å². The molecule has 3 N–H and O–H groups in total. The normalized spacial score (nSPS) is 16.3. The van der Waals surface area contributed by atoms with E-state index in [2.05, 4.69) is 12.2 Å². The third-order valence-electron chi connectivity index (χ3n) is 3.75. The van der Waals surface area contributed by atoms with Gasteiger partial charge < -0.3 is 16.0 Å². The second-order valence-electron chi connectivity index (χ2n) is 5.08. The molecule has 19 heavy (non-hydrogen) atoms. The Balaban J connectivity index is 1.97. The Morgan fingerprint density at radius 1 is 1.32 bits per heavy atom. The van der Waals surface area contributed by atoms with Crippen LogP contribution in [0.2, 0.25) is 0 Å². The number of carbonyl (C=O) groups is 1. The summed E-state index contributed by atoms with van der Waals surface area (Å²) in [6, 6.07) is 7.97. The molecule has 2 rings (SSSR count). The molecule has 1 aromatic rings. The highest BCUT2D eigenvalue weighted by molar-refractivity contribution is 5.79. The molecule has 4 heteroatoms. The standard InChI is InChI=1S/C15H23N3O/c1-2-18(14-7-9-17-10-8-14)15(19)11-12-3-5-13(16)6-4-12/h3-6,14,17H,2,7-11,16H2,1H3. The minimum atomic E-state index is 0.221. The van der Waals surface area contributed by atoms with Gasteiger partial charge in [0.1, 0.15) is 0 Å². The molecule has 104 valence electrons. The number of amides is 1. The van der Waals surface area contributed by atoms with Crippen molar-refractivity contribution in [2.75, 3.05) is 25.4 Å². The average molecular weight is 261 g/mol. The molecule has 1 heterocycles. The summed E-state index contributed by atoms with van der Waals surface area (Å²) in [5.41, 5.74) is 7.43. The van der Waals surface area contributed by atoms with Crippen LogP contribution in [0.25, 0.3) is 0 Å². The fraction of sp³-hybridized carbons (Fsp3) is 0.533. The first kappa shape index (κ1) is 13.9. The van der Waals surface area contributed by atoms with Crippen LogP contribution in [0.4, 0.5) is 5.69 Å². The molecule has 1 fully saturated rings. The van der Waals surface area contributed by atoms with Gasteiger partial charge >= 0.3 is 0 Å². The highest BCUT2D eigenvalue weighted by atomic mass is 16.2. The summed E-state index contributed by atoms with van der Waals surface area (Å²) in [4.78, 5) is 14.4. The van der Waals surface area contributed by atoms with Gasteiger partial charge in [0.25, 0.3) is 0 Å². The topological polar surface area (TPSA) is 58.4 Å². The maximum absolute atomic E-state index is 12.4. The molecule has 0 bridgehead atoms. The Kier molecular flexibility index (Phi) is 4.80. The van der Waals surface area contributed by atoms with Gasteiger partial charge in [0.2, 0.25) is 5.91 Å². The van der Waals surface area contributed by atoms with Crippen molar-refractivity contribution < 1.29 is 4.79 Å². The van der Waals surface area contributed by atoms with Gasteiger partial charge in [-0.25, -0.2) is 0 Å². The van der Waals surface area contributed by atoms with Crippen LogP contribution in [0.15, 0.2) is 24.3 Å². The van der Waals surface area contributed by atoms with Crippen molar-refractivity contribution in [3.8, 4) is 0 Å². The lowest BCUT2D eigenvalue weighted by molar-refractivity contribution is -0.133. The number of nitrogens with two attached hydrogens (primary N) is 1. The number of piperidine rings is 1. The van der Waals surface area contributed by atoms with Gasteiger partial charge in [-0.05, 0) is 50.6 Å². The number of benzene rings is 1. The van der Waals surface area contributed by atoms with Gasteiger partial charge in [0.05, 0.1) is 6.42 Å². The van der Waals surface area contributed by atoms with Gasteiger partial charge in [0, 0.05) is 18.3 Å². The molecule has 1 saturated heterocycles. The molecule has 1 aliphatic rings. The smallest absolute Gasteiger partial charge is 0.227 e. The minimum absolute atomic E-state index is 0.221. The number of nitrogen functional groups attached to an aromatic ring is 1. The van der Waals surface area contributed by atoms with Crippen LogP contribution in [0.3, 0.4) is 0 Å². The van der Waals surface area contributed by atoms with Crippen LogP contribution in [-0.2, 0) is 11.2 Å². The summed E-state index contributed by atoms with van der Waals surface area (Å²) in [5.74, 6) is 0.221. The predicted octanol–water partition coefficient (Wildman–Crippen LogP) is 1.41. The maximum atomic E-state index is 12.4. The molecular weight excluding hydrogens is 238 g/mol. The van der Waals surface area contributed by atoms with E-state index in [1.165, 1.54) is 0 Å². The molecule has 0 atom stereocenters. The number of rotatable bonds is 4. The number of likely N-dealkylation sites (N-methyl/N-ethyl adjacent to an activating group) is 1. The van der Waals surface area contributed by atoms with E-state index in [4.69, 9.17) is 5.73 Å². The fourth-order valence-corrected chi connectivity index (χ4v) is 2.67. The number of nitrogens with zero attached hydrogens (tertiary/aromatic N) is 1. The Hall–Kier alpha value is -1.55. The van der Waals surface area contributed by atoms with Gasteiger partial charge in [-0.1, -0.05) is 12.1 Å². The number of anilines is 1. The van der Waals surface area contributed by atoms with Crippen molar-refractivity contribution in [3.05, 3.63) is 29.8 Å². The Labute approximate surface area is 115 Å². The highest BCUT2D eigenvalue weighted by Crippen LogP contribution is 2.14. The van der Waals surface area contributed by atoms with Crippen molar-refractivity contribution in [2.24, 2.45) is 0 Å². The minimum Gasteiger partial charge on any atom is -0.399 e. The SMILES string of the molecule is CCN(C(=O)Cc1ccc(N)cc1)C1CCNCC1. The Morgan fingerprint density at radius 3 is 2.53 bits per heavy atom. The second-order valence-corrected chi connectivity index (χ2v) is 5.08. The van der Waals surface area contributed by atoms with Gasteiger partial charge in [0.15, 0.2) is 0 Å². The zero-order valence-electron chi connectivity index (χ0n) is 11.6. The van der Waals surface area contributed by atoms with E-state index in [0.717, 1.165) is 43.7 Å². The van der Waals surface area contributed by atoms with Crippen molar-refractivity contribution in [3.63, 3.8) is 0 Å². The summed E-state index contributed by atoms with van der Waals surface area (Å²) < 4.78 is 0. The first-order chi connectivity index (χ1) is 9.20. The van der Waals surface area contributed by atoms with E-state index >= 15 is 0 Å². The lowest BCUT2D eigenvalue weighted by atomic mass is 10.0. The largest absolute Gasteiger partial charge is 0.399 e. The molecule has 0 spiro atoms. The van der Waals surface area contributed by atoms with E-state index < -0.39 is 0 Å². The van der Waals surface area contributed by atoms with Gasteiger partial charge in [-0.15, -0.1) is 0 Å². The lowest BCUT2D eigenvalue weighted by Gasteiger charge is -2.34. The molecule has 4 nitrogen and oxygen atoms in total. The number of nitrogens with one attached hydrogen (secondary N) is 1. The van der Waals surface area contributed by atoms with Crippen molar-refractivity contribution in [1.29, 1.82) is 0 Å². The molecule has 1 amide bonds. The Bertz CT molecular complexity index is 410. The molecule has 1 aromatic carbocycles. The van der Waals surface area contributed by atoms with Crippen LogP contribution in [0, 0.1) is 0 Å². The third kappa shape index (κ3) is 3.70. The van der Waals surface area contributed by atoms with Crippen molar-refractivity contribution >= 4 is 11.6 Å². The van der Waals surface area contributed by atoms with Crippen LogP contribution >= 0.6 is 0 Å². The van der Waals surface area contributed by atoms with E-state index in [9.17, 15) is 4.79 Å². The first-order valence-electron chi connectivity index (χ1n) is 7.05. The fourth-order valence-electron chi connectivity index (χ4n) is 2.67. The summed E-state index contributed by atoms with van der Waals surface area (Å²) in [6.07, 6.45) is 2.58. The lowest BCUT2D eigenvalue weighted by Crippen LogP contribution is -2.46. The molecule has 0 radical (unpaired) electrons. The molecule has 0 unspecified atom stereocenters. The maximum Gasteiger partial charge on any atom is 0.227 e. The monoisotopic (exact) mass is 261 g/mol. The molecular formula is C15H23N3O. The average Bonchev–Trinajstić information content (AvgIpc) is 2.43. The third-order valence-corrected chi connectivity index (χ3v) is 3.75. The van der Waals surface area contributed by atoms with Crippen LogP contribution in [0.1, 0.15) is 25.3 Å². The van der Waals surface area contributed by atoms with E-state index in [0.29, 0.717) is 12.5 Å². The quantitative estimate of drug-likeness (QED) is 0.806. The molecule has 0 aromatic heterocycles. The number of hydrogen-bond donors (Lipinski definition) is 2. The highest BCUT2D eigenvalue weighted by Gasteiger charge is 2.23. The van der Waals surface area contributed by atoms with Crippen LogP contribution in [-0.4, -0.2) is 36.5 Å². The van der Waals surface area contributed by atoms with Crippen molar-refractivity contribution in [2.45, 2.75) is 32.2 Å². The van der Waals surface area contributed by atoms with E-state index in [1.807, 2.05) is 29.2 Å². The number of hydrogen-bond acceptors (Lipinski definition) is 3. The predicted molar refractivity (Wildman–Crippen MR) is 77.8 cm³/mol. The van der Waals surface area contributed by atoms with E-state index in [-0.39, 0.29) is 5.91 Å². The zero-order valence-corrected chi connectivity index (χ0v) is 11.6.